The zero-order valence-electron chi connectivity index (χ0n) is 13.5. The van der Waals surface area contributed by atoms with Gasteiger partial charge in [-0.15, -0.1) is 0 Å². The summed E-state index contributed by atoms with van der Waals surface area (Å²) in [4.78, 5) is 20.3. The Hall–Kier alpha value is -2.54. The van der Waals surface area contributed by atoms with E-state index in [1.165, 1.54) is 12.1 Å². The number of amides is 1. The molecular weight excluding hydrogens is 313 g/mol. The van der Waals surface area contributed by atoms with E-state index in [0.717, 1.165) is 12.6 Å². The summed E-state index contributed by atoms with van der Waals surface area (Å²) in [5, 5.41) is 2.58. The molecule has 0 saturated carbocycles. The molecular formula is C17H18FN3O3. The van der Waals surface area contributed by atoms with Crippen LogP contribution in [-0.4, -0.2) is 34.7 Å². The molecule has 126 valence electrons. The van der Waals surface area contributed by atoms with E-state index >= 15 is 0 Å². The Balaban J connectivity index is 1.72. The first kappa shape index (κ1) is 16.3. The smallest absolute Gasteiger partial charge is 0.275 e. The molecule has 2 aromatic rings. The van der Waals surface area contributed by atoms with E-state index in [1.807, 2.05) is 6.92 Å². The van der Waals surface area contributed by atoms with Crippen LogP contribution in [0, 0.1) is 12.7 Å². The Morgan fingerprint density at radius 1 is 1.42 bits per heavy atom. The fourth-order valence-corrected chi connectivity index (χ4v) is 2.50. The van der Waals surface area contributed by atoms with Gasteiger partial charge in [-0.3, -0.25) is 4.79 Å². The number of nitrogens with one attached hydrogen (secondary N) is 1. The molecule has 6 nitrogen and oxygen atoms in total. The minimum absolute atomic E-state index is 0.0310. The van der Waals surface area contributed by atoms with E-state index in [1.54, 1.807) is 19.1 Å². The minimum Gasteiger partial charge on any atom is -0.488 e. The summed E-state index contributed by atoms with van der Waals surface area (Å²) in [5.41, 5.74) is 0.875. The van der Waals surface area contributed by atoms with Crippen LogP contribution in [0.15, 0.2) is 30.5 Å². The zero-order chi connectivity index (χ0) is 17.1. The van der Waals surface area contributed by atoms with Crippen molar-refractivity contribution in [3.63, 3.8) is 0 Å². The zero-order valence-corrected chi connectivity index (χ0v) is 13.5. The molecule has 7 heteroatoms. The van der Waals surface area contributed by atoms with Gasteiger partial charge in [0.2, 0.25) is 0 Å². The lowest BCUT2D eigenvalue weighted by atomic mass is 10.2. The minimum atomic E-state index is -0.467. The van der Waals surface area contributed by atoms with Crippen LogP contribution < -0.4 is 10.1 Å². The second kappa shape index (κ2) is 6.92. The topological polar surface area (TPSA) is 73.3 Å². The fraction of sp³-hybridized carbons (Fsp3) is 0.353. The Bertz CT molecular complexity index is 736. The average Bonchev–Trinajstić information content (AvgIpc) is 2.94. The van der Waals surface area contributed by atoms with Crippen molar-refractivity contribution in [3.05, 3.63) is 47.7 Å². The summed E-state index contributed by atoms with van der Waals surface area (Å²) in [6.45, 7) is 4.31. The molecule has 1 fully saturated rings. The molecule has 2 aromatic heterocycles. The number of rotatable bonds is 4. The van der Waals surface area contributed by atoms with Crippen LogP contribution in [0.5, 0.6) is 5.75 Å². The number of carbonyl (C=O) groups is 1. The highest BCUT2D eigenvalue weighted by atomic mass is 19.1. The van der Waals surface area contributed by atoms with Crippen molar-refractivity contribution >= 4 is 11.7 Å². The molecule has 3 heterocycles. The fourth-order valence-electron chi connectivity index (χ4n) is 2.50. The summed E-state index contributed by atoms with van der Waals surface area (Å²) in [5.74, 6) is -0.0725. The molecule has 1 aliphatic rings. The van der Waals surface area contributed by atoms with Gasteiger partial charge in [-0.1, -0.05) is 0 Å². The van der Waals surface area contributed by atoms with E-state index in [9.17, 15) is 9.18 Å². The van der Waals surface area contributed by atoms with Crippen LogP contribution in [0.1, 0.15) is 29.5 Å². The predicted molar refractivity (Wildman–Crippen MR) is 85.6 cm³/mol. The molecule has 3 rings (SSSR count). The Labute approximate surface area is 139 Å². The van der Waals surface area contributed by atoms with E-state index < -0.39 is 11.7 Å². The Morgan fingerprint density at radius 2 is 2.25 bits per heavy atom. The van der Waals surface area contributed by atoms with Gasteiger partial charge in [0.25, 0.3) is 5.91 Å². The first-order valence-corrected chi connectivity index (χ1v) is 7.69. The molecule has 1 aliphatic heterocycles. The van der Waals surface area contributed by atoms with E-state index in [4.69, 9.17) is 9.47 Å². The molecule has 1 saturated heterocycles. The molecule has 0 unspecified atom stereocenters. The van der Waals surface area contributed by atoms with E-state index in [2.05, 4.69) is 15.3 Å². The summed E-state index contributed by atoms with van der Waals surface area (Å²) in [7, 11) is 0. The van der Waals surface area contributed by atoms with Crippen LogP contribution >= 0.6 is 0 Å². The van der Waals surface area contributed by atoms with E-state index in [-0.39, 0.29) is 23.7 Å². The molecule has 0 aliphatic carbocycles. The largest absolute Gasteiger partial charge is 0.488 e. The monoisotopic (exact) mass is 331 g/mol. The molecule has 1 amide bonds. The van der Waals surface area contributed by atoms with Crippen molar-refractivity contribution in [3.8, 4) is 5.75 Å². The average molecular weight is 331 g/mol. The highest BCUT2D eigenvalue weighted by Crippen LogP contribution is 2.22. The lowest BCUT2D eigenvalue weighted by Gasteiger charge is -2.13. The van der Waals surface area contributed by atoms with Gasteiger partial charge in [0.1, 0.15) is 29.2 Å². The number of hydrogen-bond donors (Lipinski definition) is 1. The third kappa shape index (κ3) is 4.05. The van der Waals surface area contributed by atoms with Crippen molar-refractivity contribution in [2.45, 2.75) is 32.5 Å². The maximum atomic E-state index is 12.9. The maximum Gasteiger partial charge on any atom is 0.275 e. The summed E-state index contributed by atoms with van der Waals surface area (Å²) in [6.07, 6.45) is 1.99. The van der Waals surface area contributed by atoms with Gasteiger partial charge in [0.05, 0.1) is 18.9 Å². The second-order valence-electron chi connectivity index (χ2n) is 5.76. The number of pyridine rings is 2. The van der Waals surface area contributed by atoms with Crippen molar-refractivity contribution in [2.24, 2.45) is 0 Å². The first-order chi connectivity index (χ1) is 11.5. The van der Waals surface area contributed by atoms with Gasteiger partial charge in [-0.2, -0.15) is 0 Å². The number of halogens is 1. The van der Waals surface area contributed by atoms with Gasteiger partial charge in [0.15, 0.2) is 0 Å². The number of anilines is 1. The van der Waals surface area contributed by atoms with Crippen LogP contribution in [0.3, 0.4) is 0 Å². The van der Waals surface area contributed by atoms with Crippen molar-refractivity contribution in [2.75, 3.05) is 11.9 Å². The first-order valence-electron chi connectivity index (χ1n) is 7.69. The van der Waals surface area contributed by atoms with Gasteiger partial charge in [0, 0.05) is 24.2 Å². The lowest BCUT2D eigenvalue weighted by molar-refractivity contribution is 0.101. The third-order valence-electron chi connectivity index (χ3n) is 3.59. The van der Waals surface area contributed by atoms with Gasteiger partial charge in [-0.25, -0.2) is 14.4 Å². The highest BCUT2D eigenvalue weighted by Gasteiger charge is 2.24. The number of hydrogen-bond acceptors (Lipinski definition) is 5. The van der Waals surface area contributed by atoms with Crippen LogP contribution in [0.25, 0.3) is 0 Å². The Kier molecular flexibility index (Phi) is 4.71. The van der Waals surface area contributed by atoms with Crippen molar-refractivity contribution in [1.82, 2.24) is 9.97 Å². The van der Waals surface area contributed by atoms with Gasteiger partial charge in [-0.05, 0) is 26.0 Å². The summed E-state index contributed by atoms with van der Waals surface area (Å²) < 4.78 is 24.2. The summed E-state index contributed by atoms with van der Waals surface area (Å²) >= 11 is 0. The standard InChI is InChI=1S/C17H18FN3O3/c1-10-5-13(24-14-6-11(2)23-9-14)7-15(20-10)17(22)21-16-4-3-12(18)8-19-16/h3-5,7-8,11,14H,6,9H2,1-2H3,(H,19,21,22)/t11-,14-/m1/s1. The predicted octanol–water partition coefficient (Wildman–Crippen LogP) is 2.73. The molecule has 0 radical (unpaired) electrons. The molecule has 1 N–H and O–H groups in total. The van der Waals surface area contributed by atoms with Crippen LogP contribution in [-0.2, 0) is 4.74 Å². The Morgan fingerprint density at radius 3 is 2.92 bits per heavy atom. The van der Waals surface area contributed by atoms with Gasteiger partial charge >= 0.3 is 0 Å². The normalized spacial score (nSPS) is 20.0. The third-order valence-corrected chi connectivity index (χ3v) is 3.59. The molecule has 0 bridgehead atoms. The van der Waals surface area contributed by atoms with Crippen molar-refractivity contribution in [1.29, 1.82) is 0 Å². The second-order valence-corrected chi connectivity index (χ2v) is 5.76. The summed E-state index contributed by atoms with van der Waals surface area (Å²) in [6, 6.07) is 5.96. The van der Waals surface area contributed by atoms with Crippen LogP contribution in [0.4, 0.5) is 10.2 Å². The number of ether oxygens (including phenoxy) is 2. The SMILES string of the molecule is Cc1cc(O[C@H]2CO[C@H](C)C2)cc(C(=O)Nc2ccc(F)cn2)n1. The molecule has 0 aromatic carbocycles. The van der Waals surface area contributed by atoms with E-state index in [0.29, 0.717) is 18.1 Å². The quantitative estimate of drug-likeness (QED) is 0.932. The van der Waals surface area contributed by atoms with Crippen molar-refractivity contribution < 1.29 is 18.7 Å². The lowest BCUT2D eigenvalue weighted by Crippen LogP contribution is -2.18. The maximum absolute atomic E-state index is 12.9. The molecule has 2 atom stereocenters. The molecule has 0 spiro atoms. The molecule has 24 heavy (non-hydrogen) atoms. The van der Waals surface area contributed by atoms with Crippen LogP contribution in [0.2, 0.25) is 0 Å². The number of carbonyl (C=O) groups excluding carboxylic acids is 1. The number of nitrogens with zero attached hydrogens (tertiary/aromatic N) is 2. The highest BCUT2D eigenvalue weighted by molar-refractivity contribution is 6.02. The number of aryl methyl sites for hydroxylation is 1. The van der Waals surface area contributed by atoms with Gasteiger partial charge < -0.3 is 14.8 Å². The number of aromatic nitrogens is 2.